The van der Waals surface area contributed by atoms with E-state index in [2.05, 4.69) is 25.2 Å². The van der Waals surface area contributed by atoms with Crippen molar-refractivity contribution in [1.29, 1.82) is 0 Å². The maximum atomic E-state index is 12.7. The Morgan fingerprint density at radius 1 is 0.941 bits per heavy atom. The lowest BCUT2D eigenvalue weighted by Crippen LogP contribution is -2.13. The van der Waals surface area contributed by atoms with Gasteiger partial charge in [0.25, 0.3) is 10.0 Å². The van der Waals surface area contributed by atoms with E-state index >= 15 is 0 Å². The van der Waals surface area contributed by atoms with Crippen molar-refractivity contribution in [3.8, 4) is 16.9 Å². The summed E-state index contributed by atoms with van der Waals surface area (Å²) in [6, 6.07) is 22.5. The second kappa shape index (κ2) is 9.55. The molecule has 2 aromatic heterocycles. The Kier molecular flexibility index (Phi) is 6.33. The molecule has 0 aliphatic carbocycles. The molecular formula is C22H15ClN6O2S3. The summed E-state index contributed by atoms with van der Waals surface area (Å²) in [5.74, 6) is 0. The number of aromatic nitrogens is 5. The van der Waals surface area contributed by atoms with Crippen molar-refractivity contribution in [2.45, 2.75) is 14.4 Å². The Balaban J connectivity index is 1.34. The first kappa shape index (κ1) is 22.5. The lowest BCUT2D eigenvalue weighted by molar-refractivity contribution is 0.601. The highest BCUT2D eigenvalue weighted by Crippen LogP contribution is 2.33. The van der Waals surface area contributed by atoms with Gasteiger partial charge in [-0.25, -0.2) is 13.4 Å². The summed E-state index contributed by atoms with van der Waals surface area (Å²) in [5, 5.41) is 15.0. The van der Waals surface area contributed by atoms with Crippen molar-refractivity contribution in [2.75, 3.05) is 4.72 Å². The van der Waals surface area contributed by atoms with Crippen LogP contribution in [0.25, 0.3) is 16.9 Å². The SMILES string of the molecule is O=S(=O)(Nc1ccccc1)c1ccc(-n2nnnc2Sc2nc(-c3ccc(Cl)cc3)cs2)cc1. The van der Waals surface area contributed by atoms with Crippen LogP contribution in [0.15, 0.2) is 98.6 Å². The number of thiazole rings is 1. The summed E-state index contributed by atoms with van der Waals surface area (Å²) in [6.45, 7) is 0. The number of rotatable bonds is 7. The van der Waals surface area contributed by atoms with E-state index in [9.17, 15) is 8.42 Å². The third-order valence-corrected chi connectivity index (χ3v) is 8.19. The zero-order valence-corrected chi connectivity index (χ0v) is 20.4. The van der Waals surface area contributed by atoms with E-state index in [1.165, 1.54) is 39.9 Å². The minimum Gasteiger partial charge on any atom is -0.280 e. The number of benzene rings is 3. The molecule has 0 unspecified atom stereocenters. The molecule has 0 bridgehead atoms. The number of hydrogen-bond donors (Lipinski definition) is 1. The first-order valence-electron chi connectivity index (χ1n) is 9.84. The molecule has 0 aliphatic rings. The number of nitrogens with one attached hydrogen (secondary N) is 1. The topological polar surface area (TPSA) is 103 Å². The highest BCUT2D eigenvalue weighted by Gasteiger charge is 2.17. The highest BCUT2D eigenvalue weighted by molar-refractivity contribution is 8.00. The van der Waals surface area contributed by atoms with E-state index in [4.69, 9.17) is 11.6 Å². The minimum absolute atomic E-state index is 0.134. The molecule has 0 saturated heterocycles. The normalized spacial score (nSPS) is 11.4. The largest absolute Gasteiger partial charge is 0.280 e. The van der Waals surface area contributed by atoms with Gasteiger partial charge < -0.3 is 0 Å². The van der Waals surface area contributed by atoms with Crippen LogP contribution >= 0.6 is 34.7 Å². The molecule has 0 saturated carbocycles. The predicted octanol–water partition coefficient (Wildman–Crippen LogP) is 5.39. The predicted molar refractivity (Wildman–Crippen MR) is 133 cm³/mol. The van der Waals surface area contributed by atoms with Gasteiger partial charge in [-0.05, 0) is 70.7 Å². The van der Waals surface area contributed by atoms with Crippen molar-refractivity contribution >= 4 is 50.4 Å². The first-order valence-corrected chi connectivity index (χ1v) is 13.4. The van der Waals surface area contributed by atoms with E-state index in [1.54, 1.807) is 36.4 Å². The Labute approximate surface area is 208 Å². The van der Waals surface area contributed by atoms with Gasteiger partial charge in [-0.3, -0.25) is 4.72 Å². The van der Waals surface area contributed by atoms with E-state index in [0.717, 1.165) is 15.6 Å². The van der Waals surface area contributed by atoms with Crippen LogP contribution in [0.4, 0.5) is 5.69 Å². The van der Waals surface area contributed by atoms with Gasteiger partial charge in [0.2, 0.25) is 5.16 Å². The van der Waals surface area contributed by atoms with Gasteiger partial charge in [0.1, 0.15) is 0 Å². The molecule has 0 aliphatic heterocycles. The molecule has 5 rings (SSSR count). The molecule has 5 aromatic rings. The van der Waals surface area contributed by atoms with E-state index in [1.807, 2.05) is 35.7 Å². The van der Waals surface area contributed by atoms with Crippen molar-refractivity contribution in [3.63, 3.8) is 0 Å². The maximum absolute atomic E-state index is 12.7. The minimum atomic E-state index is -3.72. The molecule has 0 amide bonds. The molecule has 34 heavy (non-hydrogen) atoms. The Hall–Kier alpha value is -3.25. The van der Waals surface area contributed by atoms with Crippen LogP contribution in [-0.4, -0.2) is 33.6 Å². The Bertz CT molecular complexity index is 1520. The summed E-state index contributed by atoms with van der Waals surface area (Å²) >= 11 is 8.77. The molecule has 2 heterocycles. The Morgan fingerprint density at radius 2 is 1.68 bits per heavy atom. The van der Waals surface area contributed by atoms with Gasteiger partial charge in [0, 0.05) is 21.7 Å². The highest BCUT2D eigenvalue weighted by atomic mass is 35.5. The average Bonchev–Trinajstić information content (AvgIpc) is 3.50. The van der Waals surface area contributed by atoms with Crippen LogP contribution in [0.3, 0.4) is 0 Å². The van der Waals surface area contributed by atoms with Crippen LogP contribution in [0.1, 0.15) is 0 Å². The molecular weight excluding hydrogens is 512 g/mol. The Morgan fingerprint density at radius 3 is 2.41 bits per heavy atom. The molecule has 12 heteroatoms. The first-order chi connectivity index (χ1) is 16.5. The van der Waals surface area contributed by atoms with Crippen molar-refractivity contribution in [3.05, 3.63) is 89.3 Å². The van der Waals surface area contributed by atoms with Crippen LogP contribution < -0.4 is 4.72 Å². The number of hydrogen-bond acceptors (Lipinski definition) is 8. The summed E-state index contributed by atoms with van der Waals surface area (Å²) in [6.07, 6.45) is 0. The van der Waals surface area contributed by atoms with Gasteiger partial charge in [-0.2, -0.15) is 4.68 Å². The number of para-hydroxylation sites is 1. The van der Waals surface area contributed by atoms with E-state index < -0.39 is 10.0 Å². The van der Waals surface area contributed by atoms with Crippen molar-refractivity contribution < 1.29 is 8.42 Å². The van der Waals surface area contributed by atoms with Crippen LogP contribution in [-0.2, 0) is 10.0 Å². The number of anilines is 1. The maximum Gasteiger partial charge on any atom is 0.261 e. The zero-order chi connectivity index (χ0) is 23.5. The van der Waals surface area contributed by atoms with Gasteiger partial charge >= 0.3 is 0 Å². The van der Waals surface area contributed by atoms with E-state index in [0.29, 0.717) is 21.6 Å². The van der Waals surface area contributed by atoms with Crippen LogP contribution in [0.5, 0.6) is 0 Å². The van der Waals surface area contributed by atoms with Gasteiger partial charge in [-0.15, -0.1) is 16.4 Å². The monoisotopic (exact) mass is 526 g/mol. The summed E-state index contributed by atoms with van der Waals surface area (Å²) < 4.78 is 30.2. The average molecular weight is 527 g/mol. The quantitative estimate of drug-likeness (QED) is 0.303. The van der Waals surface area contributed by atoms with Crippen molar-refractivity contribution in [1.82, 2.24) is 25.2 Å². The van der Waals surface area contributed by atoms with E-state index in [-0.39, 0.29) is 4.90 Å². The molecule has 0 radical (unpaired) electrons. The molecule has 8 nitrogen and oxygen atoms in total. The second-order valence-corrected chi connectivity index (χ2v) is 11.1. The second-order valence-electron chi connectivity index (χ2n) is 6.95. The lowest BCUT2D eigenvalue weighted by atomic mass is 10.2. The molecule has 0 atom stereocenters. The zero-order valence-electron chi connectivity index (χ0n) is 17.2. The molecule has 170 valence electrons. The smallest absolute Gasteiger partial charge is 0.261 e. The summed E-state index contributed by atoms with van der Waals surface area (Å²) in [4.78, 5) is 4.78. The molecule has 1 N–H and O–H groups in total. The third-order valence-electron chi connectivity index (χ3n) is 4.66. The fraction of sp³-hybridized carbons (Fsp3) is 0. The van der Waals surface area contributed by atoms with Gasteiger partial charge in [0.05, 0.1) is 16.3 Å². The van der Waals surface area contributed by atoms with Gasteiger partial charge in [0.15, 0.2) is 4.34 Å². The van der Waals surface area contributed by atoms with Crippen molar-refractivity contribution in [2.24, 2.45) is 0 Å². The van der Waals surface area contributed by atoms with Crippen LogP contribution in [0.2, 0.25) is 5.02 Å². The molecule has 3 aromatic carbocycles. The van der Waals surface area contributed by atoms with Gasteiger partial charge in [-0.1, -0.05) is 41.9 Å². The third kappa shape index (κ3) is 4.97. The molecule has 0 spiro atoms. The lowest BCUT2D eigenvalue weighted by Gasteiger charge is -2.09. The number of tetrazole rings is 1. The fourth-order valence-electron chi connectivity index (χ4n) is 3.03. The fourth-order valence-corrected chi connectivity index (χ4v) is 5.93. The number of halogens is 1. The summed E-state index contributed by atoms with van der Waals surface area (Å²) in [5.41, 5.74) is 2.92. The number of sulfonamides is 1. The number of nitrogens with zero attached hydrogens (tertiary/aromatic N) is 5. The molecule has 0 fully saturated rings. The van der Waals surface area contributed by atoms with Crippen LogP contribution in [0, 0.1) is 0 Å². The summed E-state index contributed by atoms with van der Waals surface area (Å²) in [7, 11) is -3.72. The standard InChI is InChI=1S/C22H15ClN6O2S3/c23-16-8-6-15(7-9-16)20-14-32-22(24-20)33-21-25-27-28-29(21)18-10-12-19(13-11-18)34(30,31)26-17-4-2-1-3-5-17/h1-14,26H.